The molecule has 1 amide bonds. The number of carbonyl (C=O) groups is 3. The first-order chi connectivity index (χ1) is 10.8. The van der Waals surface area contributed by atoms with E-state index in [0.29, 0.717) is 5.65 Å². The number of rotatable bonds is 6. The van der Waals surface area contributed by atoms with Crippen LogP contribution in [-0.4, -0.2) is 43.5 Å². The normalized spacial score (nSPS) is 12.1. The zero-order chi connectivity index (χ0) is 17.1. The van der Waals surface area contributed by atoms with E-state index in [1.165, 1.54) is 6.07 Å². The van der Waals surface area contributed by atoms with E-state index in [2.05, 4.69) is 10.3 Å². The molecule has 2 heterocycles. The Hall–Kier alpha value is -2.90. The summed E-state index contributed by atoms with van der Waals surface area (Å²) in [6, 6.07) is 1.70. The minimum atomic E-state index is -1.48. The molecule has 1 unspecified atom stereocenters. The Balaban J connectivity index is 2.28. The van der Waals surface area contributed by atoms with Gasteiger partial charge in [-0.1, -0.05) is 6.92 Å². The van der Waals surface area contributed by atoms with Gasteiger partial charge in [0.25, 0.3) is 5.91 Å². The largest absolute Gasteiger partial charge is 0.481 e. The fourth-order valence-electron chi connectivity index (χ4n) is 2.30. The van der Waals surface area contributed by atoms with Crippen molar-refractivity contribution in [1.29, 1.82) is 0 Å². The van der Waals surface area contributed by atoms with Gasteiger partial charge < -0.3 is 19.9 Å². The second kappa shape index (κ2) is 6.47. The Morgan fingerprint density at radius 3 is 2.57 bits per heavy atom. The second-order valence-electron chi connectivity index (χ2n) is 5.11. The van der Waals surface area contributed by atoms with Gasteiger partial charge in [0.1, 0.15) is 11.7 Å². The highest BCUT2D eigenvalue weighted by molar-refractivity contribution is 5.97. The number of pyridine rings is 1. The van der Waals surface area contributed by atoms with Crippen LogP contribution in [0.4, 0.5) is 0 Å². The molecule has 0 saturated carbocycles. The molecule has 0 fully saturated rings. The van der Waals surface area contributed by atoms with Crippen LogP contribution in [0.1, 0.15) is 35.1 Å². The SMILES string of the molecule is CCc1nc2ccc(C(=O)NC(CC(=O)O)C(=O)O)cn2c1C. The quantitative estimate of drug-likeness (QED) is 0.726. The molecule has 2 aromatic rings. The molecule has 0 aliphatic rings. The van der Waals surface area contributed by atoms with Crippen molar-refractivity contribution in [3.05, 3.63) is 35.3 Å². The maximum atomic E-state index is 12.2. The third-order valence-electron chi connectivity index (χ3n) is 3.53. The van der Waals surface area contributed by atoms with Crippen LogP contribution in [0.15, 0.2) is 18.3 Å². The number of carboxylic acids is 2. The molecule has 2 rings (SSSR count). The summed E-state index contributed by atoms with van der Waals surface area (Å²) in [5, 5.41) is 19.9. The Morgan fingerprint density at radius 2 is 2.00 bits per heavy atom. The first-order valence-corrected chi connectivity index (χ1v) is 7.06. The van der Waals surface area contributed by atoms with Crippen LogP contribution in [0, 0.1) is 6.92 Å². The maximum Gasteiger partial charge on any atom is 0.326 e. The summed E-state index contributed by atoms with van der Waals surface area (Å²) in [6.07, 6.45) is 1.63. The monoisotopic (exact) mass is 319 g/mol. The minimum Gasteiger partial charge on any atom is -0.481 e. The molecule has 1 atom stereocenters. The number of hydrogen-bond acceptors (Lipinski definition) is 4. The van der Waals surface area contributed by atoms with Crippen LogP contribution in [0.5, 0.6) is 0 Å². The van der Waals surface area contributed by atoms with Crippen molar-refractivity contribution in [2.24, 2.45) is 0 Å². The summed E-state index contributed by atoms with van der Waals surface area (Å²) in [5.74, 6) is -3.34. The van der Waals surface area contributed by atoms with Crippen molar-refractivity contribution in [3.63, 3.8) is 0 Å². The Morgan fingerprint density at radius 1 is 1.30 bits per heavy atom. The molecule has 0 aliphatic heterocycles. The smallest absolute Gasteiger partial charge is 0.326 e. The number of amides is 1. The maximum absolute atomic E-state index is 12.2. The van der Waals surface area contributed by atoms with Gasteiger partial charge in [-0.3, -0.25) is 9.59 Å². The van der Waals surface area contributed by atoms with Crippen molar-refractivity contribution < 1.29 is 24.6 Å². The molecular weight excluding hydrogens is 302 g/mol. The Bertz CT molecular complexity index is 781. The number of carboxylic acid groups (broad SMARTS) is 2. The van der Waals surface area contributed by atoms with Crippen LogP contribution in [-0.2, 0) is 16.0 Å². The van der Waals surface area contributed by atoms with E-state index in [-0.39, 0.29) is 5.56 Å². The molecule has 0 radical (unpaired) electrons. The van der Waals surface area contributed by atoms with Gasteiger partial charge in [-0.05, 0) is 25.5 Å². The summed E-state index contributed by atoms with van der Waals surface area (Å²) in [6.45, 7) is 3.86. The number of aromatic nitrogens is 2. The third-order valence-corrected chi connectivity index (χ3v) is 3.53. The summed E-state index contributed by atoms with van der Waals surface area (Å²) in [7, 11) is 0. The fraction of sp³-hybridized carbons (Fsp3) is 0.333. The van der Waals surface area contributed by atoms with Crippen LogP contribution in [0.3, 0.4) is 0 Å². The van der Waals surface area contributed by atoms with E-state index in [4.69, 9.17) is 10.2 Å². The van der Waals surface area contributed by atoms with E-state index in [0.717, 1.165) is 17.8 Å². The predicted molar refractivity (Wildman–Crippen MR) is 80.4 cm³/mol. The zero-order valence-corrected chi connectivity index (χ0v) is 12.7. The highest BCUT2D eigenvalue weighted by Crippen LogP contribution is 2.14. The molecule has 0 aliphatic carbocycles. The van der Waals surface area contributed by atoms with Crippen LogP contribution in [0.25, 0.3) is 5.65 Å². The number of nitrogens with one attached hydrogen (secondary N) is 1. The number of aliphatic carboxylic acids is 2. The molecule has 122 valence electrons. The van der Waals surface area contributed by atoms with Crippen molar-refractivity contribution in [1.82, 2.24) is 14.7 Å². The molecule has 23 heavy (non-hydrogen) atoms. The molecule has 0 aromatic carbocycles. The standard InChI is InChI=1S/C15H17N3O5/c1-3-10-8(2)18-7-9(4-5-12(18)16-10)14(21)17-11(15(22)23)6-13(19)20/h4-5,7,11H,3,6H2,1-2H3,(H,17,21)(H,19,20)(H,22,23). The van der Waals surface area contributed by atoms with Crippen LogP contribution >= 0.6 is 0 Å². The van der Waals surface area contributed by atoms with Crippen molar-refractivity contribution in [2.45, 2.75) is 32.7 Å². The third kappa shape index (κ3) is 3.47. The summed E-state index contributed by atoms with van der Waals surface area (Å²) in [5.41, 5.74) is 2.74. The number of hydrogen-bond donors (Lipinski definition) is 3. The van der Waals surface area contributed by atoms with Gasteiger partial charge in [-0.25, -0.2) is 9.78 Å². The van der Waals surface area contributed by atoms with Gasteiger partial charge in [0, 0.05) is 11.9 Å². The molecule has 2 aromatic heterocycles. The number of carbonyl (C=O) groups excluding carboxylic acids is 1. The molecule has 8 heteroatoms. The van der Waals surface area contributed by atoms with Gasteiger partial charge in [0.15, 0.2) is 0 Å². The van der Waals surface area contributed by atoms with Gasteiger partial charge in [0.05, 0.1) is 17.7 Å². The Labute approximate surface area is 131 Å². The minimum absolute atomic E-state index is 0.234. The second-order valence-corrected chi connectivity index (χ2v) is 5.11. The lowest BCUT2D eigenvalue weighted by atomic mass is 10.2. The molecule has 0 spiro atoms. The van der Waals surface area contributed by atoms with Crippen molar-refractivity contribution >= 4 is 23.5 Å². The van der Waals surface area contributed by atoms with Gasteiger partial charge in [-0.2, -0.15) is 0 Å². The summed E-state index contributed by atoms with van der Waals surface area (Å²) < 4.78 is 1.75. The first kappa shape index (κ1) is 16.5. The highest BCUT2D eigenvalue weighted by atomic mass is 16.4. The Kier molecular flexibility index (Phi) is 4.63. The molecule has 0 bridgehead atoms. The van der Waals surface area contributed by atoms with Crippen molar-refractivity contribution in [3.8, 4) is 0 Å². The zero-order valence-electron chi connectivity index (χ0n) is 12.7. The lowest BCUT2D eigenvalue weighted by Crippen LogP contribution is -2.42. The van der Waals surface area contributed by atoms with Gasteiger partial charge >= 0.3 is 11.9 Å². The van der Waals surface area contributed by atoms with E-state index < -0.39 is 30.3 Å². The molecule has 3 N–H and O–H groups in total. The number of fused-ring (bicyclic) bond motifs is 1. The van der Waals surface area contributed by atoms with Gasteiger partial charge in [-0.15, -0.1) is 0 Å². The molecular formula is C15H17N3O5. The lowest BCUT2D eigenvalue weighted by molar-refractivity contribution is -0.145. The summed E-state index contributed by atoms with van der Waals surface area (Å²) >= 11 is 0. The topological polar surface area (TPSA) is 121 Å². The lowest BCUT2D eigenvalue weighted by Gasteiger charge is -2.12. The summed E-state index contributed by atoms with van der Waals surface area (Å²) in [4.78, 5) is 38.3. The number of aryl methyl sites for hydroxylation is 2. The molecule has 0 saturated heterocycles. The van der Waals surface area contributed by atoms with Crippen molar-refractivity contribution in [2.75, 3.05) is 0 Å². The first-order valence-electron chi connectivity index (χ1n) is 7.06. The fourth-order valence-corrected chi connectivity index (χ4v) is 2.30. The average molecular weight is 319 g/mol. The predicted octanol–water partition coefficient (Wildman–Crippen LogP) is 0.863. The van der Waals surface area contributed by atoms with Gasteiger partial charge in [0.2, 0.25) is 0 Å². The molecule has 8 nitrogen and oxygen atoms in total. The number of nitrogens with zero attached hydrogens (tertiary/aromatic N) is 2. The van der Waals surface area contributed by atoms with E-state index >= 15 is 0 Å². The highest BCUT2D eigenvalue weighted by Gasteiger charge is 2.23. The van der Waals surface area contributed by atoms with Crippen LogP contribution in [0.2, 0.25) is 0 Å². The van der Waals surface area contributed by atoms with Crippen LogP contribution < -0.4 is 5.32 Å². The number of imidazole rings is 1. The van der Waals surface area contributed by atoms with E-state index in [1.807, 2.05) is 13.8 Å². The van der Waals surface area contributed by atoms with E-state index in [1.54, 1.807) is 16.7 Å². The average Bonchev–Trinajstić information content (AvgIpc) is 2.81. The van der Waals surface area contributed by atoms with E-state index in [9.17, 15) is 14.4 Å².